The molecule has 0 bridgehead atoms. The summed E-state index contributed by atoms with van der Waals surface area (Å²) in [6.07, 6.45) is 0. The lowest BCUT2D eigenvalue weighted by molar-refractivity contribution is -0.164. The van der Waals surface area contributed by atoms with E-state index >= 15 is 0 Å². The minimum Gasteiger partial charge on any atom is -0.481 e. The fourth-order valence-electron chi connectivity index (χ4n) is 3.63. The van der Waals surface area contributed by atoms with Gasteiger partial charge in [-0.15, -0.1) is 0 Å². The Morgan fingerprint density at radius 2 is 0.958 bits per heavy atom. The molecule has 0 heterocycles. The maximum atomic E-state index is 11.7. The molecular formula is C18H18N2O4. The largest absolute Gasteiger partial charge is 0.481 e. The summed E-state index contributed by atoms with van der Waals surface area (Å²) in [5.41, 5.74) is 14.1. The van der Waals surface area contributed by atoms with Crippen LogP contribution in [0.1, 0.15) is 23.0 Å². The Bertz CT molecular complexity index is 703. The first-order valence-electron chi connectivity index (χ1n) is 7.56. The minimum absolute atomic E-state index is 0.423. The fraction of sp³-hybridized carbons (Fsp3) is 0.222. The average Bonchev–Trinajstić information content (AvgIpc) is 2.49. The number of rotatable bonds is 4. The zero-order valence-electron chi connectivity index (χ0n) is 12.8. The van der Waals surface area contributed by atoms with Crippen molar-refractivity contribution >= 4 is 23.3 Å². The van der Waals surface area contributed by atoms with Gasteiger partial charge in [-0.2, -0.15) is 0 Å². The summed E-state index contributed by atoms with van der Waals surface area (Å²) in [4.78, 5) is 23.3. The van der Waals surface area contributed by atoms with Crippen LogP contribution in [0.15, 0.2) is 48.5 Å². The Balaban J connectivity index is 2.06. The predicted molar refractivity (Wildman–Crippen MR) is 89.4 cm³/mol. The number of anilines is 2. The van der Waals surface area contributed by atoms with Gasteiger partial charge in [-0.1, -0.05) is 24.3 Å². The smallest absolute Gasteiger partial charge is 0.308 e. The van der Waals surface area contributed by atoms with Crippen molar-refractivity contribution in [1.82, 2.24) is 0 Å². The first-order chi connectivity index (χ1) is 11.4. The first-order valence-corrected chi connectivity index (χ1v) is 7.56. The Labute approximate surface area is 138 Å². The zero-order valence-corrected chi connectivity index (χ0v) is 12.8. The highest BCUT2D eigenvalue weighted by atomic mass is 16.4. The highest BCUT2D eigenvalue weighted by molar-refractivity contribution is 5.85. The van der Waals surface area contributed by atoms with Crippen LogP contribution in [-0.2, 0) is 9.59 Å². The standard InChI is InChI=1S/C18H18N2O4/c19-11-5-1-9(2-6-11)13-14(10-3-7-12(20)8-4-10)16(18(23)24)15(13)17(21)22/h1-8,13-16H,19-20H2,(H,21,22)(H,23,24)/t13-,14?,15?,16+/m0/s1. The normalized spacial score (nSPS) is 25.7. The van der Waals surface area contributed by atoms with E-state index in [4.69, 9.17) is 11.5 Å². The number of carboxylic acids is 2. The van der Waals surface area contributed by atoms with E-state index in [-0.39, 0.29) is 0 Å². The molecule has 1 saturated carbocycles. The molecule has 1 aliphatic carbocycles. The van der Waals surface area contributed by atoms with Crippen LogP contribution in [-0.4, -0.2) is 22.2 Å². The van der Waals surface area contributed by atoms with Gasteiger partial charge < -0.3 is 21.7 Å². The van der Waals surface area contributed by atoms with E-state index in [1.54, 1.807) is 48.5 Å². The van der Waals surface area contributed by atoms with Crippen molar-refractivity contribution in [2.75, 3.05) is 11.5 Å². The molecule has 0 amide bonds. The monoisotopic (exact) mass is 326 g/mol. The highest BCUT2D eigenvalue weighted by Gasteiger charge is 2.58. The lowest BCUT2D eigenvalue weighted by Gasteiger charge is -2.48. The van der Waals surface area contributed by atoms with Gasteiger partial charge in [0.05, 0.1) is 11.8 Å². The molecule has 124 valence electrons. The van der Waals surface area contributed by atoms with Crippen molar-refractivity contribution in [3.8, 4) is 0 Å². The quantitative estimate of drug-likeness (QED) is 0.638. The number of nitrogens with two attached hydrogens (primary N) is 2. The van der Waals surface area contributed by atoms with E-state index < -0.39 is 35.6 Å². The number of benzene rings is 2. The molecule has 4 atom stereocenters. The van der Waals surface area contributed by atoms with E-state index in [9.17, 15) is 19.8 Å². The molecule has 24 heavy (non-hydrogen) atoms. The van der Waals surface area contributed by atoms with Gasteiger partial charge in [0.1, 0.15) is 0 Å². The molecule has 2 aromatic rings. The van der Waals surface area contributed by atoms with Crippen LogP contribution < -0.4 is 11.5 Å². The van der Waals surface area contributed by atoms with Crippen LogP contribution >= 0.6 is 0 Å². The molecule has 0 aliphatic heterocycles. The van der Waals surface area contributed by atoms with Crippen molar-refractivity contribution in [3.63, 3.8) is 0 Å². The summed E-state index contributed by atoms with van der Waals surface area (Å²) >= 11 is 0. The highest BCUT2D eigenvalue weighted by Crippen LogP contribution is 2.58. The van der Waals surface area contributed by atoms with E-state index in [1.165, 1.54) is 0 Å². The fourth-order valence-corrected chi connectivity index (χ4v) is 3.63. The van der Waals surface area contributed by atoms with Gasteiger partial charge in [-0.05, 0) is 35.4 Å². The second-order valence-electron chi connectivity index (χ2n) is 6.11. The van der Waals surface area contributed by atoms with Crippen molar-refractivity contribution in [2.24, 2.45) is 11.8 Å². The molecule has 2 unspecified atom stereocenters. The number of nitrogen functional groups attached to an aromatic ring is 2. The summed E-state index contributed by atoms with van der Waals surface area (Å²) < 4.78 is 0. The Kier molecular flexibility index (Phi) is 3.89. The maximum absolute atomic E-state index is 11.7. The van der Waals surface area contributed by atoms with Gasteiger partial charge in [-0.3, -0.25) is 9.59 Å². The Hall–Kier alpha value is -3.02. The van der Waals surface area contributed by atoms with Gasteiger partial charge in [0.15, 0.2) is 0 Å². The third-order valence-electron chi connectivity index (χ3n) is 4.76. The van der Waals surface area contributed by atoms with Crippen LogP contribution in [0, 0.1) is 11.8 Å². The molecule has 6 nitrogen and oxygen atoms in total. The molecule has 0 radical (unpaired) electrons. The van der Waals surface area contributed by atoms with Gasteiger partial charge in [0.25, 0.3) is 0 Å². The van der Waals surface area contributed by atoms with Crippen LogP contribution in [0.4, 0.5) is 11.4 Å². The topological polar surface area (TPSA) is 127 Å². The van der Waals surface area contributed by atoms with E-state index in [0.29, 0.717) is 11.4 Å². The van der Waals surface area contributed by atoms with Gasteiger partial charge in [0.2, 0.25) is 0 Å². The van der Waals surface area contributed by atoms with Crippen molar-refractivity contribution in [2.45, 2.75) is 11.8 Å². The lowest BCUT2D eigenvalue weighted by Crippen LogP contribution is -2.51. The second-order valence-corrected chi connectivity index (χ2v) is 6.11. The molecular weight excluding hydrogens is 308 g/mol. The molecule has 0 spiro atoms. The molecule has 1 fully saturated rings. The van der Waals surface area contributed by atoms with E-state index in [2.05, 4.69) is 0 Å². The number of hydrogen-bond donors (Lipinski definition) is 4. The van der Waals surface area contributed by atoms with E-state index in [1.807, 2.05) is 0 Å². The van der Waals surface area contributed by atoms with Crippen molar-refractivity contribution in [1.29, 1.82) is 0 Å². The summed E-state index contributed by atoms with van der Waals surface area (Å²) in [6.45, 7) is 0. The third-order valence-corrected chi connectivity index (χ3v) is 4.76. The second kappa shape index (κ2) is 5.88. The number of carboxylic acid groups (broad SMARTS) is 2. The SMILES string of the molecule is Nc1ccc(C2[C@@H](C(=O)O)C(C(=O)O)[C@H]2c2ccc(N)cc2)cc1. The van der Waals surface area contributed by atoms with Gasteiger partial charge in [0, 0.05) is 23.2 Å². The van der Waals surface area contributed by atoms with Crippen LogP contribution in [0.5, 0.6) is 0 Å². The molecule has 1 aliphatic rings. The maximum Gasteiger partial charge on any atom is 0.308 e. The Morgan fingerprint density at radius 3 is 1.21 bits per heavy atom. The molecule has 0 aromatic heterocycles. The predicted octanol–water partition coefficient (Wildman–Crippen LogP) is 2.13. The molecule has 0 saturated heterocycles. The van der Waals surface area contributed by atoms with E-state index in [0.717, 1.165) is 11.1 Å². The summed E-state index contributed by atoms with van der Waals surface area (Å²) in [5, 5.41) is 19.1. The molecule has 3 rings (SSSR count). The molecule has 6 N–H and O–H groups in total. The number of aliphatic carboxylic acids is 2. The van der Waals surface area contributed by atoms with Crippen molar-refractivity contribution in [3.05, 3.63) is 59.7 Å². The summed E-state index contributed by atoms with van der Waals surface area (Å²) in [5.74, 6) is -5.00. The van der Waals surface area contributed by atoms with Gasteiger partial charge in [-0.25, -0.2) is 0 Å². The summed E-state index contributed by atoms with van der Waals surface area (Å²) in [6, 6.07) is 13.8. The van der Waals surface area contributed by atoms with Gasteiger partial charge >= 0.3 is 11.9 Å². The number of hydrogen-bond acceptors (Lipinski definition) is 4. The number of carbonyl (C=O) groups is 2. The molecule has 2 aromatic carbocycles. The molecule has 6 heteroatoms. The minimum atomic E-state index is -1.10. The Morgan fingerprint density at radius 1 is 0.667 bits per heavy atom. The lowest BCUT2D eigenvalue weighted by atomic mass is 9.52. The van der Waals surface area contributed by atoms with Crippen LogP contribution in [0.25, 0.3) is 0 Å². The summed E-state index contributed by atoms with van der Waals surface area (Å²) in [7, 11) is 0. The van der Waals surface area contributed by atoms with Crippen LogP contribution in [0.2, 0.25) is 0 Å². The van der Waals surface area contributed by atoms with Crippen LogP contribution in [0.3, 0.4) is 0 Å². The average molecular weight is 326 g/mol. The van der Waals surface area contributed by atoms with Crippen molar-refractivity contribution < 1.29 is 19.8 Å². The zero-order chi connectivity index (χ0) is 17.4. The first kappa shape index (κ1) is 15.9. The third kappa shape index (κ3) is 2.56.